The molecule has 0 aliphatic heterocycles. The lowest BCUT2D eigenvalue weighted by molar-refractivity contribution is -0.274. The molecule has 0 aromatic heterocycles. The van der Waals surface area contributed by atoms with Gasteiger partial charge in [0.15, 0.2) is 0 Å². The lowest BCUT2D eigenvalue weighted by atomic mass is 10.2. The molecule has 0 aliphatic rings. The number of hydrogen-bond acceptors (Lipinski definition) is 1. The number of rotatable bonds is 2. The van der Waals surface area contributed by atoms with Crippen LogP contribution in [0.3, 0.4) is 0 Å². The Morgan fingerprint density at radius 2 is 1.71 bits per heavy atom. The van der Waals surface area contributed by atoms with Gasteiger partial charge in [-0.1, -0.05) is 24.3 Å². The zero-order valence-electron chi connectivity index (χ0n) is 7.51. The number of hydrogen-bond donors (Lipinski definition) is 0. The first-order valence-electron chi connectivity index (χ1n) is 4.00. The van der Waals surface area contributed by atoms with Crippen molar-refractivity contribution in [3.8, 4) is 5.75 Å². The molecule has 1 rings (SSSR count). The smallest absolute Gasteiger partial charge is 0.406 e. The highest BCUT2D eigenvalue weighted by Crippen LogP contribution is 2.22. The van der Waals surface area contributed by atoms with Gasteiger partial charge in [0.2, 0.25) is 0 Å². The Morgan fingerprint density at radius 1 is 1.14 bits per heavy atom. The minimum atomic E-state index is -4.62. The number of halogens is 3. The van der Waals surface area contributed by atoms with Gasteiger partial charge in [0, 0.05) is 0 Å². The van der Waals surface area contributed by atoms with Gasteiger partial charge in [-0.3, -0.25) is 0 Å². The highest BCUT2D eigenvalue weighted by molar-refractivity contribution is 5.50. The molecule has 0 radical (unpaired) electrons. The molecular formula is C10H9F3O. The van der Waals surface area contributed by atoms with E-state index in [0.29, 0.717) is 0 Å². The monoisotopic (exact) mass is 202 g/mol. The van der Waals surface area contributed by atoms with Gasteiger partial charge in [0.1, 0.15) is 5.75 Å². The van der Waals surface area contributed by atoms with Crippen LogP contribution in [0.25, 0.3) is 6.08 Å². The van der Waals surface area contributed by atoms with Crippen molar-refractivity contribution in [1.29, 1.82) is 0 Å². The molecule has 76 valence electrons. The van der Waals surface area contributed by atoms with E-state index in [1.54, 1.807) is 24.3 Å². The predicted molar refractivity (Wildman–Crippen MR) is 47.8 cm³/mol. The lowest BCUT2D eigenvalue weighted by Gasteiger charge is -2.08. The first-order chi connectivity index (χ1) is 6.51. The molecule has 1 aromatic rings. The molecule has 1 nitrogen and oxygen atoms in total. The van der Waals surface area contributed by atoms with Crippen molar-refractivity contribution in [1.82, 2.24) is 0 Å². The third kappa shape index (κ3) is 3.51. The van der Waals surface area contributed by atoms with Gasteiger partial charge < -0.3 is 4.74 Å². The van der Waals surface area contributed by atoms with E-state index in [2.05, 4.69) is 4.74 Å². The van der Waals surface area contributed by atoms with E-state index in [1.165, 1.54) is 12.1 Å². The van der Waals surface area contributed by atoms with Crippen LogP contribution in [-0.2, 0) is 0 Å². The molecule has 0 N–H and O–H groups in total. The Labute approximate surface area is 79.8 Å². The van der Waals surface area contributed by atoms with Gasteiger partial charge in [0.25, 0.3) is 0 Å². The fourth-order valence-electron chi connectivity index (χ4n) is 0.973. The van der Waals surface area contributed by atoms with Crippen LogP contribution in [-0.4, -0.2) is 6.36 Å². The van der Waals surface area contributed by atoms with Gasteiger partial charge >= 0.3 is 6.36 Å². The van der Waals surface area contributed by atoms with Gasteiger partial charge in [0.05, 0.1) is 0 Å². The maximum Gasteiger partial charge on any atom is 0.573 e. The summed E-state index contributed by atoms with van der Waals surface area (Å²) in [6.45, 7) is 1.83. The molecule has 0 heterocycles. The minimum absolute atomic E-state index is 0.203. The van der Waals surface area contributed by atoms with Crippen molar-refractivity contribution < 1.29 is 17.9 Å². The highest BCUT2D eigenvalue weighted by Gasteiger charge is 2.30. The molecular weight excluding hydrogens is 193 g/mol. The average Bonchev–Trinajstić information content (AvgIpc) is 2.06. The standard InChI is InChI=1S/C10H9F3O/c1-2-3-8-4-6-9(7-5-8)14-10(11,12)13/h2-7H,1H3/b3-2+. The van der Waals surface area contributed by atoms with Crippen molar-refractivity contribution in [2.45, 2.75) is 13.3 Å². The van der Waals surface area contributed by atoms with Crippen molar-refractivity contribution >= 4 is 6.08 Å². The third-order valence-electron chi connectivity index (χ3n) is 1.47. The van der Waals surface area contributed by atoms with Crippen LogP contribution in [0.5, 0.6) is 5.75 Å². The van der Waals surface area contributed by atoms with Gasteiger partial charge in [-0.25, -0.2) is 0 Å². The molecule has 0 spiro atoms. The molecule has 0 atom stereocenters. The average molecular weight is 202 g/mol. The quantitative estimate of drug-likeness (QED) is 0.711. The first kappa shape index (κ1) is 10.6. The van der Waals surface area contributed by atoms with E-state index < -0.39 is 6.36 Å². The molecule has 0 aliphatic carbocycles. The van der Waals surface area contributed by atoms with E-state index in [0.717, 1.165) is 5.56 Å². The largest absolute Gasteiger partial charge is 0.573 e. The molecule has 14 heavy (non-hydrogen) atoms. The summed E-state index contributed by atoms with van der Waals surface area (Å²) in [5.41, 5.74) is 0.835. The van der Waals surface area contributed by atoms with Crippen LogP contribution >= 0.6 is 0 Å². The highest BCUT2D eigenvalue weighted by atomic mass is 19.4. The zero-order valence-corrected chi connectivity index (χ0v) is 7.51. The van der Waals surface area contributed by atoms with Crippen LogP contribution in [0.2, 0.25) is 0 Å². The Bertz CT molecular complexity index is 311. The number of alkyl halides is 3. The molecule has 0 bridgehead atoms. The summed E-state index contributed by atoms with van der Waals surface area (Å²) >= 11 is 0. The predicted octanol–water partition coefficient (Wildman–Crippen LogP) is 3.62. The van der Waals surface area contributed by atoms with Crippen LogP contribution in [0.15, 0.2) is 30.3 Å². The Morgan fingerprint density at radius 3 is 2.14 bits per heavy atom. The Balaban J connectivity index is 2.74. The van der Waals surface area contributed by atoms with Crippen molar-refractivity contribution in [2.24, 2.45) is 0 Å². The Hall–Kier alpha value is -1.45. The summed E-state index contributed by atoms with van der Waals surface area (Å²) in [7, 11) is 0. The van der Waals surface area contributed by atoms with E-state index in [4.69, 9.17) is 0 Å². The van der Waals surface area contributed by atoms with Crippen molar-refractivity contribution in [2.75, 3.05) is 0 Å². The second-order valence-electron chi connectivity index (χ2n) is 2.62. The second kappa shape index (κ2) is 4.17. The van der Waals surface area contributed by atoms with E-state index >= 15 is 0 Å². The molecule has 0 unspecified atom stereocenters. The van der Waals surface area contributed by atoms with Crippen LogP contribution in [0.1, 0.15) is 12.5 Å². The fourth-order valence-corrected chi connectivity index (χ4v) is 0.973. The lowest BCUT2D eigenvalue weighted by Crippen LogP contribution is -2.16. The molecule has 0 amide bonds. The third-order valence-corrected chi connectivity index (χ3v) is 1.47. The van der Waals surface area contributed by atoms with Crippen molar-refractivity contribution in [3.05, 3.63) is 35.9 Å². The number of benzene rings is 1. The molecule has 4 heteroatoms. The van der Waals surface area contributed by atoms with Crippen LogP contribution in [0.4, 0.5) is 13.2 Å². The maximum atomic E-state index is 11.8. The topological polar surface area (TPSA) is 9.23 Å². The van der Waals surface area contributed by atoms with E-state index in [1.807, 2.05) is 6.92 Å². The van der Waals surface area contributed by atoms with Gasteiger partial charge in [-0.2, -0.15) is 0 Å². The van der Waals surface area contributed by atoms with Crippen LogP contribution in [0, 0.1) is 0 Å². The summed E-state index contributed by atoms with van der Waals surface area (Å²) in [5, 5.41) is 0. The number of allylic oxidation sites excluding steroid dienone is 1. The minimum Gasteiger partial charge on any atom is -0.406 e. The Kier molecular flexibility index (Phi) is 3.17. The van der Waals surface area contributed by atoms with E-state index in [-0.39, 0.29) is 5.75 Å². The summed E-state index contributed by atoms with van der Waals surface area (Å²) in [6, 6.07) is 5.67. The summed E-state index contributed by atoms with van der Waals surface area (Å²) < 4.78 is 39.0. The summed E-state index contributed by atoms with van der Waals surface area (Å²) in [6.07, 6.45) is -1.03. The van der Waals surface area contributed by atoms with Gasteiger partial charge in [-0.15, -0.1) is 13.2 Å². The first-order valence-corrected chi connectivity index (χ1v) is 4.00. The van der Waals surface area contributed by atoms with Crippen LogP contribution < -0.4 is 4.74 Å². The summed E-state index contributed by atoms with van der Waals surface area (Å²) in [5.74, 6) is -0.203. The normalized spacial score (nSPS) is 12.0. The SMILES string of the molecule is C/C=C/c1ccc(OC(F)(F)F)cc1. The van der Waals surface area contributed by atoms with Crippen molar-refractivity contribution in [3.63, 3.8) is 0 Å². The summed E-state index contributed by atoms with van der Waals surface area (Å²) in [4.78, 5) is 0. The molecule has 0 saturated heterocycles. The van der Waals surface area contributed by atoms with E-state index in [9.17, 15) is 13.2 Å². The van der Waals surface area contributed by atoms with Gasteiger partial charge in [-0.05, 0) is 24.6 Å². The second-order valence-corrected chi connectivity index (χ2v) is 2.62. The maximum absolute atomic E-state index is 11.8. The molecule has 1 aromatic carbocycles. The molecule has 0 fully saturated rings. The number of ether oxygens (including phenoxy) is 1. The molecule has 0 saturated carbocycles. The zero-order chi connectivity index (χ0) is 10.6. The fraction of sp³-hybridized carbons (Fsp3) is 0.200.